The molecule has 0 radical (unpaired) electrons. The molecule has 2 aliphatic carbocycles. The summed E-state index contributed by atoms with van der Waals surface area (Å²) in [5, 5.41) is 3.05. The fourth-order valence-corrected chi connectivity index (χ4v) is 5.61. The van der Waals surface area contributed by atoms with Gasteiger partial charge in [-0.15, -0.1) is 0 Å². The first-order valence-electron chi connectivity index (χ1n) is 11.0. The second kappa shape index (κ2) is 8.64. The van der Waals surface area contributed by atoms with Gasteiger partial charge in [0.1, 0.15) is 0 Å². The topological polar surface area (TPSA) is 75.4 Å². The standard InChI is InChI=1S/C23H33N3O2/c24-21-18-9-4-10-19(21)13-20(12-18)23(28)26-11-5-6-16(15-26)14-25-22(27)17-7-2-1-3-8-17/h1-3,7-8,16,18-21H,4-6,9-15,24H2,(H,25,27). The van der Waals surface area contributed by atoms with E-state index in [1.54, 1.807) is 0 Å². The van der Waals surface area contributed by atoms with Crippen LogP contribution in [0.3, 0.4) is 0 Å². The van der Waals surface area contributed by atoms with E-state index in [4.69, 9.17) is 5.73 Å². The SMILES string of the molecule is NC1C2CCCC1CC(C(=O)N1CCCC(CNC(=O)c3ccccc3)C1)C2. The van der Waals surface area contributed by atoms with Gasteiger partial charge in [0, 0.05) is 37.2 Å². The van der Waals surface area contributed by atoms with E-state index >= 15 is 0 Å². The lowest BCUT2D eigenvalue weighted by Gasteiger charge is -2.45. The third kappa shape index (κ3) is 4.24. The smallest absolute Gasteiger partial charge is 0.251 e. The summed E-state index contributed by atoms with van der Waals surface area (Å²) in [6.07, 6.45) is 7.70. The van der Waals surface area contributed by atoms with E-state index in [1.807, 2.05) is 30.3 Å². The van der Waals surface area contributed by atoms with Crippen LogP contribution in [0.15, 0.2) is 30.3 Å². The lowest BCUT2D eigenvalue weighted by atomic mass is 9.65. The minimum atomic E-state index is -0.0295. The van der Waals surface area contributed by atoms with Gasteiger partial charge in [-0.2, -0.15) is 0 Å². The van der Waals surface area contributed by atoms with Crippen molar-refractivity contribution in [2.45, 2.75) is 51.0 Å². The molecule has 2 amide bonds. The Morgan fingerprint density at radius 2 is 1.75 bits per heavy atom. The Morgan fingerprint density at radius 1 is 1.04 bits per heavy atom. The zero-order chi connectivity index (χ0) is 19.5. The number of nitrogens with one attached hydrogen (secondary N) is 1. The van der Waals surface area contributed by atoms with Crippen LogP contribution in [-0.2, 0) is 4.79 Å². The van der Waals surface area contributed by atoms with Crippen molar-refractivity contribution in [3.05, 3.63) is 35.9 Å². The van der Waals surface area contributed by atoms with Crippen molar-refractivity contribution in [2.75, 3.05) is 19.6 Å². The normalized spacial score (nSPS) is 32.6. The van der Waals surface area contributed by atoms with Crippen molar-refractivity contribution < 1.29 is 9.59 Å². The highest BCUT2D eigenvalue weighted by atomic mass is 16.2. The largest absolute Gasteiger partial charge is 0.352 e. The van der Waals surface area contributed by atoms with E-state index in [9.17, 15) is 9.59 Å². The molecule has 5 nitrogen and oxygen atoms in total. The molecular weight excluding hydrogens is 350 g/mol. The van der Waals surface area contributed by atoms with Crippen LogP contribution in [0.2, 0.25) is 0 Å². The fraction of sp³-hybridized carbons (Fsp3) is 0.652. The molecule has 152 valence electrons. The molecule has 0 spiro atoms. The lowest BCUT2D eigenvalue weighted by Crippen LogP contribution is -2.51. The number of hydrogen-bond donors (Lipinski definition) is 2. The van der Waals surface area contributed by atoms with Gasteiger partial charge >= 0.3 is 0 Å². The van der Waals surface area contributed by atoms with Crippen molar-refractivity contribution in [3.8, 4) is 0 Å². The van der Waals surface area contributed by atoms with Gasteiger partial charge in [0.15, 0.2) is 0 Å². The summed E-state index contributed by atoms with van der Waals surface area (Å²) >= 11 is 0. The Bertz CT molecular complexity index is 678. The maximum Gasteiger partial charge on any atom is 0.251 e. The van der Waals surface area contributed by atoms with Crippen LogP contribution in [0.5, 0.6) is 0 Å². The van der Waals surface area contributed by atoms with Gasteiger partial charge in [0.2, 0.25) is 5.91 Å². The monoisotopic (exact) mass is 383 g/mol. The minimum Gasteiger partial charge on any atom is -0.352 e. The number of likely N-dealkylation sites (tertiary alicyclic amines) is 1. The summed E-state index contributed by atoms with van der Waals surface area (Å²) in [7, 11) is 0. The highest BCUT2D eigenvalue weighted by molar-refractivity contribution is 5.94. The summed E-state index contributed by atoms with van der Waals surface area (Å²) in [6.45, 7) is 2.27. The van der Waals surface area contributed by atoms with Gasteiger partial charge in [-0.25, -0.2) is 0 Å². The Hall–Kier alpha value is -1.88. The van der Waals surface area contributed by atoms with Gasteiger partial charge in [0.25, 0.3) is 5.91 Å². The Kier molecular flexibility index (Phi) is 6.00. The predicted molar refractivity (Wildman–Crippen MR) is 110 cm³/mol. The van der Waals surface area contributed by atoms with E-state index in [0.717, 1.165) is 38.8 Å². The summed E-state index contributed by atoms with van der Waals surface area (Å²) in [5.74, 6) is 1.88. The van der Waals surface area contributed by atoms with E-state index < -0.39 is 0 Å². The average Bonchev–Trinajstić information content (AvgIpc) is 2.72. The molecule has 1 heterocycles. The minimum absolute atomic E-state index is 0.0295. The maximum atomic E-state index is 13.2. The number of hydrogen-bond acceptors (Lipinski definition) is 3. The third-order valence-corrected chi connectivity index (χ3v) is 7.18. The number of rotatable bonds is 4. The summed E-state index contributed by atoms with van der Waals surface area (Å²) in [6, 6.07) is 9.63. The molecule has 3 aliphatic rings. The van der Waals surface area contributed by atoms with Crippen LogP contribution < -0.4 is 11.1 Å². The predicted octanol–water partition coefficient (Wildman–Crippen LogP) is 2.81. The van der Waals surface area contributed by atoms with Gasteiger partial charge in [-0.05, 0) is 68.4 Å². The first kappa shape index (κ1) is 19.4. The summed E-state index contributed by atoms with van der Waals surface area (Å²) in [5.41, 5.74) is 7.09. The van der Waals surface area contributed by atoms with E-state index in [-0.39, 0.29) is 11.8 Å². The molecule has 0 aromatic heterocycles. The number of carbonyl (C=O) groups excluding carboxylic acids is 2. The average molecular weight is 384 g/mol. The van der Waals surface area contributed by atoms with Crippen molar-refractivity contribution in [2.24, 2.45) is 29.4 Å². The first-order valence-corrected chi connectivity index (χ1v) is 11.0. The second-order valence-electron chi connectivity index (χ2n) is 9.07. The highest BCUT2D eigenvalue weighted by Crippen LogP contribution is 2.42. The zero-order valence-corrected chi connectivity index (χ0v) is 16.7. The number of amides is 2. The van der Waals surface area contributed by atoms with Crippen LogP contribution in [0, 0.1) is 23.7 Å². The van der Waals surface area contributed by atoms with Crippen molar-refractivity contribution in [3.63, 3.8) is 0 Å². The number of benzene rings is 1. The molecule has 1 aromatic carbocycles. The Balaban J connectivity index is 1.30. The first-order chi connectivity index (χ1) is 13.6. The molecular formula is C23H33N3O2. The van der Waals surface area contributed by atoms with Crippen molar-refractivity contribution >= 4 is 11.8 Å². The molecule has 1 aromatic rings. The number of piperidine rings is 1. The molecule has 3 fully saturated rings. The molecule has 2 saturated carbocycles. The third-order valence-electron chi connectivity index (χ3n) is 7.18. The van der Waals surface area contributed by atoms with Crippen LogP contribution in [0.25, 0.3) is 0 Å². The lowest BCUT2D eigenvalue weighted by molar-refractivity contribution is -0.140. The van der Waals surface area contributed by atoms with Gasteiger partial charge in [-0.3, -0.25) is 9.59 Å². The molecule has 3 atom stereocenters. The zero-order valence-electron chi connectivity index (χ0n) is 16.7. The van der Waals surface area contributed by atoms with Crippen molar-refractivity contribution in [1.29, 1.82) is 0 Å². The van der Waals surface area contributed by atoms with E-state index in [1.165, 1.54) is 19.3 Å². The summed E-state index contributed by atoms with van der Waals surface area (Å²) in [4.78, 5) is 27.6. The molecule has 1 aliphatic heterocycles. The van der Waals surface area contributed by atoms with Gasteiger partial charge < -0.3 is 16.0 Å². The van der Waals surface area contributed by atoms with Gasteiger partial charge in [0.05, 0.1) is 0 Å². The van der Waals surface area contributed by atoms with Gasteiger partial charge in [-0.1, -0.05) is 24.6 Å². The maximum absolute atomic E-state index is 13.2. The number of fused-ring (bicyclic) bond motifs is 2. The van der Waals surface area contributed by atoms with Crippen LogP contribution in [0.1, 0.15) is 55.3 Å². The summed E-state index contributed by atoms with van der Waals surface area (Å²) < 4.78 is 0. The number of carbonyl (C=O) groups is 2. The quantitative estimate of drug-likeness (QED) is 0.839. The Morgan fingerprint density at radius 3 is 2.46 bits per heavy atom. The molecule has 5 heteroatoms. The fourth-order valence-electron chi connectivity index (χ4n) is 5.61. The van der Waals surface area contributed by atoms with Crippen LogP contribution in [0.4, 0.5) is 0 Å². The molecule has 28 heavy (non-hydrogen) atoms. The van der Waals surface area contributed by atoms with E-state index in [2.05, 4.69) is 10.2 Å². The molecule has 4 rings (SSSR count). The van der Waals surface area contributed by atoms with Crippen molar-refractivity contribution in [1.82, 2.24) is 10.2 Å². The number of nitrogens with two attached hydrogens (primary N) is 1. The molecule has 1 saturated heterocycles. The number of nitrogens with zero attached hydrogens (tertiary/aromatic N) is 1. The Labute approximate surface area is 168 Å². The molecule has 2 bridgehead atoms. The van der Waals surface area contributed by atoms with Crippen LogP contribution in [-0.4, -0.2) is 42.4 Å². The van der Waals surface area contributed by atoms with E-state index in [0.29, 0.717) is 41.8 Å². The molecule has 3 N–H and O–H groups in total. The second-order valence-corrected chi connectivity index (χ2v) is 9.07. The highest BCUT2D eigenvalue weighted by Gasteiger charge is 2.42. The van der Waals surface area contributed by atoms with Crippen LogP contribution >= 0.6 is 0 Å². The molecule has 3 unspecified atom stereocenters.